The molecule has 2 heterocycles. The minimum atomic E-state index is -0.0506. The first-order chi connectivity index (χ1) is 11.6. The molecular formula is C18H17N3OS2. The molecule has 0 atom stereocenters. The topological polar surface area (TPSA) is 54.9 Å². The number of anilines is 1. The lowest BCUT2D eigenvalue weighted by Crippen LogP contribution is -2.13. The smallest absolute Gasteiger partial charge is 0.236 e. The van der Waals surface area contributed by atoms with E-state index >= 15 is 0 Å². The first-order valence-electron chi connectivity index (χ1n) is 7.47. The number of hydrogen-bond donors (Lipinski definition) is 1. The highest BCUT2D eigenvalue weighted by molar-refractivity contribution is 8.00. The molecule has 0 unspecified atom stereocenters. The van der Waals surface area contributed by atoms with Gasteiger partial charge >= 0.3 is 0 Å². The van der Waals surface area contributed by atoms with Gasteiger partial charge in [-0.15, -0.1) is 23.1 Å². The van der Waals surface area contributed by atoms with Crippen molar-refractivity contribution in [2.45, 2.75) is 18.7 Å². The van der Waals surface area contributed by atoms with Crippen LogP contribution >= 0.6 is 23.1 Å². The molecule has 0 fully saturated rings. The molecule has 0 saturated heterocycles. The average molecular weight is 355 g/mol. The highest BCUT2D eigenvalue weighted by Gasteiger charge is 2.09. The monoisotopic (exact) mass is 355 g/mol. The summed E-state index contributed by atoms with van der Waals surface area (Å²) < 4.78 is 0. The molecule has 6 heteroatoms. The molecule has 0 bridgehead atoms. The maximum Gasteiger partial charge on any atom is 0.236 e. The zero-order valence-electron chi connectivity index (χ0n) is 13.4. The van der Waals surface area contributed by atoms with Crippen LogP contribution in [-0.4, -0.2) is 21.6 Å². The van der Waals surface area contributed by atoms with Crippen LogP contribution in [0.4, 0.5) is 5.13 Å². The van der Waals surface area contributed by atoms with Gasteiger partial charge in [0.2, 0.25) is 5.91 Å². The van der Waals surface area contributed by atoms with Crippen molar-refractivity contribution in [3.63, 3.8) is 0 Å². The summed E-state index contributed by atoms with van der Waals surface area (Å²) >= 11 is 2.95. The molecule has 0 saturated carbocycles. The molecule has 4 nitrogen and oxygen atoms in total. The second-order valence-corrected chi connectivity index (χ2v) is 7.27. The van der Waals surface area contributed by atoms with Crippen LogP contribution in [-0.2, 0) is 4.79 Å². The van der Waals surface area contributed by atoms with Crippen molar-refractivity contribution in [2.75, 3.05) is 11.1 Å². The third-order valence-electron chi connectivity index (χ3n) is 3.56. The molecule has 3 rings (SSSR count). The van der Waals surface area contributed by atoms with Crippen molar-refractivity contribution < 1.29 is 4.79 Å². The van der Waals surface area contributed by atoms with E-state index in [1.165, 1.54) is 34.2 Å². The number of nitrogens with one attached hydrogen (secondary N) is 1. The number of rotatable bonds is 5. The van der Waals surface area contributed by atoms with E-state index in [1.54, 1.807) is 12.4 Å². The number of carbonyl (C=O) groups is 1. The fourth-order valence-electron chi connectivity index (χ4n) is 2.09. The van der Waals surface area contributed by atoms with Crippen LogP contribution in [0.5, 0.6) is 0 Å². The number of aryl methyl sites for hydroxylation is 2. The van der Waals surface area contributed by atoms with Crippen LogP contribution in [0.1, 0.15) is 11.1 Å². The SMILES string of the molecule is Cc1ccc(SCC(=O)Nc2nc(-c3cccnc3)cs2)cc1C. The van der Waals surface area contributed by atoms with Crippen LogP contribution in [0.3, 0.4) is 0 Å². The third kappa shape index (κ3) is 4.21. The number of aromatic nitrogens is 2. The molecule has 1 N–H and O–H groups in total. The minimum Gasteiger partial charge on any atom is -0.301 e. The van der Waals surface area contributed by atoms with Gasteiger partial charge in [0.25, 0.3) is 0 Å². The first-order valence-corrected chi connectivity index (χ1v) is 9.34. The summed E-state index contributed by atoms with van der Waals surface area (Å²) in [6, 6.07) is 10.0. The summed E-state index contributed by atoms with van der Waals surface area (Å²) in [5.41, 5.74) is 4.26. The Balaban J connectivity index is 1.57. The molecule has 0 spiro atoms. The second kappa shape index (κ2) is 7.59. The van der Waals surface area contributed by atoms with Crippen LogP contribution in [0, 0.1) is 13.8 Å². The highest BCUT2D eigenvalue weighted by Crippen LogP contribution is 2.25. The van der Waals surface area contributed by atoms with Gasteiger partial charge in [0.1, 0.15) is 0 Å². The summed E-state index contributed by atoms with van der Waals surface area (Å²) in [6.07, 6.45) is 3.48. The van der Waals surface area contributed by atoms with E-state index in [-0.39, 0.29) is 5.91 Å². The van der Waals surface area contributed by atoms with Crippen LogP contribution in [0.15, 0.2) is 53.0 Å². The van der Waals surface area contributed by atoms with Gasteiger partial charge in [0.15, 0.2) is 5.13 Å². The van der Waals surface area contributed by atoms with E-state index in [0.29, 0.717) is 10.9 Å². The van der Waals surface area contributed by atoms with E-state index in [9.17, 15) is 4.79 Å². The summed E-state index contributed by atoms with van der Waals surface area (Å²) in [5.74, 6) is 0.315. The zero-order chi connectivity index (χ0) is 16.9. The Morgan fingerprint density at radius 1 is 1.25 bits per heavy atom. The molecule has 1 aromatic carbocycles. The van der Waals surface area contributed by atoms with E-state index in [4.69, 9.17) is 0 Å². The third-order valence-corrected chi connectivity index (χ3v) is 5.31. The van der Waals surface area contributed by atoms with E-state index in [2.05, 4.69) is 41.3 Å². The van der Waals surface area contributed by atoms with Crippen molar-refractivity contribution in [1.29, 1.82) is 0 Å². The summed E-state index contributed by atoms with van der Waals surface area (Å²) in [5, 5.41) is 5.39. The maximum atomic E-state index is 12.1. The van der Waals surface area contributed by atoms with Crippen molar-refractivity contribution in [2.24, 2.45) is 0 Å². The number of pyridine rings is 1. The number of amides is 1. The first kappa shape index (κ1) is 16.7. The van der Waals surface area contributed by atoms with Crippen molar-refractivity contribution in [3.8, 4) is 11.3 Å². The van der Waals surface area contributed by atoms with Crippen LogP contribution in [0.2, 0.25) is 0 Å². The Morgan fingerprint density at radius 3 is 2.88 bits per heavy atom. The van der Waals surface area contributed by atoms with Gasteiger partial charge in [-0.2, -0.15) is 0 Å². The van der Waals surface area contributed by atoms with Crippen molar-refractivity contribution >= 4 is 34.1 Å². The fraction of sp³-hybridized carbons (Fsp3) is 0.167. The molecule has 0 aliphatic heterocycles. The average Bonchev–Trinajstić information content (AvgIpc) is 3.05. The molecule has 1 amide bonds. The Labute approximate surface area is 149 Å². The normalized spacial score (nSPS) is 10.6. The Hall–Kier alpha value is -2.18. The summed E-state index contributed by atoms with van der Waals surface area (Å²) in [7, 11) is 0. The summed E-state index contributed by atoms with van der Waals surface area (Å²) in [4.78, 5) is 21.7. The molecular weight excluding hydrogens is 338 g/mol. The lowest BCUT2D eigenvalue weighted by Gasteiger charge is -2.05. The molecule has 0 aliphatic rings. The predicted octanol–water partition coefficient (Wildman–Crippen LogP) is 4.55. The largest absolute Gasteiger partial charge is 0.301 e. The lowest BCUT2D eigenvalue weighted by molar-refractivity contribution is -0.113. The lowest BCUT2D eigenvalue weighted by atomic mass is 10.1. The van der Waals surface area contributed by atoms with Crippen LogP contribution in [0.25, 0.3) is 11.3 Å². The van der Waals surface area contributed by atoms with Crippen molar-refractivity contribution in [3.05, 3.63) is 59.2 Å². The van der Waals surface area contributed by atoms with E-state index in [1.807, 2.05) is 23.6 Å². The van der Waals surface area contributed by atoms with Gasteiger partial charge in [-0.05, 0) is 49.2 Å². The molecule has 3 aromatic rings. The number of hydrogen-bond acceptors (Lipinski definition) is 5. The van der Waals surface area contributed by atoms with Crippen molar-refractivity contribution in [1.82, 2.24) is 9.97 Å². The Morgan fingerprint density at radius 2 is 2.12 bits per heavy atom. The zero-order valence-corrected chi connectivity index (χ0v) is 15.1. The summed E-state index contributed by atoms with van der Waals surface area (Å²) in [6.45, 7) is 4.16. The number of benzene rings is 1. The van der Waals surface area contributed by atoms with Crippen LogP contribution < -0.4 is 5.32 Å². The Bertz CT molecular complexity index is 846. The Kier molecular flexibility index (Phi) is 5.27. The van der Waals surface area contributed by atoms with Gasteiger partial charge in [0, 0.05) is 28.2 Å². The van der Waals surface area contributed by atoms with Gasteiger partial charge in [0.05, 0.1) is 11.4 Å². The number of thioether (sulfide) groups is 1. The number of thiazole rings is 1. The molecule has 0 radical (unpaired) electrons. The van der Waals surface area contributed by atoms with Gasteiger partial charge < -0.3 is 5.32 Å². The van der Waals surface area contributed by atoms with Gasteiger partial charge in [-0.3, -0.25) is 9.78 Å². The van der Waals surface area contributed by atoms with Gasteiger partial charge in [-0.1, -0.05) is 6.07 Å². The van der Waals surface area contributed by atoms with E-state index in [0.717, 1.165) is 16.2 Å². The van der Waals surface area contributed by atoms with Gasteiger partial charge in [-0.25, -0.2) is 4.98 Å². The highest BCUT2D eigenvalue weighted by atomic mass is 32.2. The molecule has 122 valence electrons. The predicted molar refractivity (Wildman–Crippen MR) is 101 cm³/mol. The standard InChI is InChI=1S/C18H17N3OS2/c1-12-5-6-15(8-13(12)2)23-11-17(22)21-18-20-16(10-24-18)14-4-3-7-19-9-14/h3-10H,11H2,1-2H3,(H,20,21,22). The molecule has 2 aromatic heterocycles. The number of nitrogens with zero attached hydrogens (tertiary/aromatic N) is 2. The molecule has 24 heavy (non-hydrogen) atoms. The maximum absolute atomic E-state index is 12.1. The van der Waals surface area contributed by atoms with E-state index < -0.39 is 0 Å². The quantitative estimate of drug-likeness (QED) is 0.682. The molecule has 0 aliphatic carbocycles. The second-order valence-electron chi connectivity index (χ2n) is 5.36. The number of carbonyl (C=O) groups excluding carboxylic acids is 1. The fourth-order valence-corrected chi connectivity index (χ4v) is 3.62. The minimum absolute atomic E-state index is 0.0506.